The number of amides is 1. The Kier molecular flexibility index (Phi) is 8.75. The predicted octanol–water partition coefficient (Wildman–Crippen LogP) is 6.22. The third-order valence-corrected chi connectivity index (χ3v) is 8.36. The summed E-state index contributed by atoms with van der Waals surface area (Å²) in [5.41, 5.74) is 5.11. The molecule has 2 heterocycles. The fourth-order valence-corrected chi connectivity index (χ4v) is 6.39. The van der Waals surface area contributed by atoms with Crippen LogP contribution < -0.4 is 10.0 Å². The molecule has 0 unspecified atom stereocenters. The number of anilines is 1. The van der Waals surface area contributed by atoms with Gasteiger partial charge in [0.05, 0.1) is 23.3 Å². The van der Waals surface area contributed by atoms with Crippen molar-refractivity contribution in [3.8, 4) is 11.1 Å². The van der Waals surface area contributed by atoms with Crippen molar-refractivity contribution in [3.63, 3.8) is 0 Å². The number of aryl methyl sites for hydroxylation is 2. The summed E-state index contributed by atoms with van der Waals surface area (Å²) in [5.74, 6) is 0.919. The number of imidazole rings is 1. The van der Waals surface area contributed by atoms with Gasteiger partial charge >= 0.3 is 0 Å². The second kappa shape index (κ2) is 11.9. The van der Waals surface area contributed by atoms with Gasteiger partial charge in [0.15, 0.2) is 5.65 Å². The Morgan fingerprint density at radius 2 is 1.70 bits per heavy atom. The molecule has 1 amide bonds. The molecule has 8 nitrogen and oxygen atoms in total. The van der Waals surface area contributed by atoms with Crippen molar-refractivity contribution in [2.75, 3.05) is 5.32 Å². The molecule has 2 aromatic carbocycles. The van der Waals surface area contributed by atoms with E-state index in [9.17, 15) is 13.2 Å². The minimum Gasteiger partial charge on any atom is -0.324 e. The van der Waals surface area contributed by atoms with E-state index in [0.29, 0.717) is 24.2 Å². The second-order valence-corrected chi connectivity index (χ2v) is 12.8. The van der Waals surface area contributed by atoms with Gasteiger partial charge in [-0.3, -0.25) is 4.79 Å². The third kappa shape index (κ3) is 6.59. The van der Waals surface area contributed by atoms with E-state index in [1.54, 1.807) is 18.3 Å². The van der Waals surface area contributed by atoms with E-state index in [0.717, 1.165) is 52.9 Å². The zero-order valence-corrected chi connectivity index (χ0v) is 25.0. The number of nitrogens with zero attached hydrogens (tertiary/aromatic N) is 3. The van der Waals surface area contributed by atoms with Gasteiger partial charge in [-0.1, -0.05) is 56.3 Å². The predicted molar refractivity (Wildman–Crippen MR) is 161 cm³/mol. The highest BCUT2D eigenvalue weighted by molar-refractivity contribution is 7.89. The Hall–Kier alpha value is -3.56. The van der Waals surface area contributed by atoms with Gasteiger partial charge in [0.2, 0.25) is 15.9 Å². The number of hydrogen-bond donors (Lipinski definition) is 2. The first-order chi connectivity index (χ1) is 18.9. The lowest BCUT2D eigenvalue weighted by Crippen LogP contribution is -2.40. The van der Waals surface area contributed by atoms with Gasteiger partial charge in [0.25, 0.3) is 0 Å². The lowest BCUT2D eigenvalue weighted by Gasteiger charge is -2.21. The lowest BCUT2D eigenvalue weighted by molar-refractivity contribution is -0.116. The summed E-state index contributed by atoms with van der Waals surface area (Å²) in [6.45, 7) is 12.1. The number of pyridine rings is 1. The van der Waals surface area contributed by atoms with Gasteiger partial charge in [0.1, 0.15) is 11.3 Å². The maximum Gasteiger partial charge on any atom is 0.241 e. The molecule has 0 fully saturated rings. The van der Waals surface area contributed by atoms with Crippen molar-refractivity contribution in [3.05, 3.63) is 71.7 Å². The van der Waals surface area contributed by atoms with Crippen LogP contribution in [0.25, 0.3) is 22.3 Å². The molecule has 0 aliphatic carbocycles. The summed E-state index contributed by atoms with van der Waals surface area (Å²) in [6.07, 6.45) is 4.70. The van der Waals surface area contributed by atoms with Gasteiger partial charge in [0, 0.05) is 29.5 Å². The molecule has 212 valence electrons. The quantitative estimate of drug-likeness (QED) is 0.239. The van der Waals surface area contributed by atoms with E-state index in [1.165, 1.54) is 0 Å². The molecule has 2 aromatic heterocycles. The Balaban J connectivity index is 1.66. The van der Waals surface area contributed by atoms with E-state index >= 15 is 0 Å². The summed E-state index contributed by atoms with van der Waals surface area (Å²) in [5, 5.41) is 2.96. The molecule has 4 aromatic rings. The number of benzene rings is 2. The maximum atomic E-state index is 13.1. The van der Waals surface area contributed by atoms with Crippen LogP contribution in [0.2, 0.25) is 0 Å². The van der Waals surface area contributed by atoms with Crippen LogP contribution >= 0.6 is 0 Å². The number of fused-ring (bicyclic) bond motifs is 1. The molecule has 40 heavy (non-hydrogen) atoms. The van der Waals surface area contributed by atoms with Crippen molar-refractivity contribution in [2.24, 2.45) is 0 Å². The Morgan fingerprint density at radius 1 is 1.00 bits per heavy atom. The fourth-order valence-electron chi connectivity index (χ4n) is 4.74. The Morgan fingerprint density at radius 3 is 2.35 bits per heavy atom. The number of carbonyl (C=O) groups excluding carboxylic acids is 1. The van der Waals surface area contributed by atoms with Gasteiger partial charge < -0.3 is 9.88 Å². The molecule has 0 atom stereocenters. The van der Waals surface area contributed by atoms with Crippen LogP contribution in [0.3, 0.4) is 0 Å². The summed E-state index contributed by atoms with van der Waals surface area (Å²) in [4.78, 5) is 22.1. The van der Waals surface area contributed by atoms with Crippen LogP contribution in [-0.2, 0) is 27.8 Å². The van der Waals surface area contributed by atoms with E-state index in [4.69, 9.17) is 9.97 Å². The molecule has 0 bridgehead atoms. The first kappa shape index (κ1) is 29.4. The first-order valence-corrected chi connectivity index (χ1v) is 15.3. The highest BCUT2D eigenvalue weighted by Gasteiger charge is 2.25. The minimum atomic E-state index is -3.70. The van der Waals surface area contributed by atoms with E-state index in [2.05, 4.69) is 21.5 Å². The summed E-state index contributed by atoms with van der Waals surface area (Å²) in [6, 6.07) is 15.0. The summed E-state index contributed by atoms with van der Waals surface area (Å²) >= 11 is 0. The van der Waals surface area contributed by atoms with Gasteiger partial charge in [-0.15, -0.1) is 0 Å². The van der Waals surface area contributed by atoms with Gasteiger partial charge in [-0.25, -0.2) is 23.1 Å². The summed E-state index contributed by atoms with van der Waals surface area (Å²) < 4.78 is 31.2. The average Bonchev–Trinajstić information content (AvgIpc) is 3.23. The highest BCUT2D eigenvalue weighted by atomic mass is 32.2. The zero-order valence-electron chi connectivity index (χ0n) is 24.2. The molecule has 0 saturated carbocycles. The van der Waals surface area contributed by atoms with Crippen LogP contribution in [0.4, 0.5) is 5.69 Å². The molecule has 0 radical (unpaired) electrons. The van der Waals surface area contributed by atoms with E-state index in [-0.39, 0.29) is 10.8 Å². The molecule has 2 N–H and O–H groups in total. The van der Waals surface area contributed by atoms with Crippen molar-refractivity contribution in [2.45, 2.75) is 84.2 Å². The topological polar surface area (TPSA) is 106 Å². The SMILES string of the molecule is CCCC(=O)Nc1cnc2c(nc(CCC)n2Cc2ccc(-c3ccccc3S(=O)(=O)NC(C)(C)C)cc2)c1C. The van der Waals surface area contributed by atoms with E-state index in [1.807, 2.05) is 71.0 Å². The molecule has 9 heteroatoms. The minimum absolute atomic E-state index is 0.0244. The number of sulfonamides is 1. The molecule has 0 aliphatic rings. The Bertz CT molecular complexity index is 1620. The molecule has 0 saturated heterocycles. The van der Waals surface area contributed by atoms with E-state index < -0.39 is 15.6 Å². The first-order valence-electron chi connectivity index (χ1n) is 13.8. The van der Waals surface area contributed by atoms with Gasteiger partial charge in [-0.2, -0.15) is 0 Å². The van der Waals surface area contributed by atoms with Crippen LogP contribution in [0, 0.1) is 6.92 Å². The smallest absolute Gasteiger partial charge is 0.241 e. The average molecular weight is 562 g/mol. The second-order valence-electron chi connectivity index (χ2n) is 11.2. The largest absolute Gasteiger partial charge is 0.324 e. The standard InChI is InChI=1S/C31H39N5O3S/c1-7-11-27-34-29-21(3)25(33-28(37)12-8-2)19-32-30(29)36(27)20-22-15-17-23(18-16-22)24-13-9-10-14-26(24)40(38,39)35-31(4,5)6/h9-10,13-19,35H,7-8,11-12,20H2,1-6H3,(H,33,37). The van der Waals surface area contributed by atoms with Crippen molar-refractivity contribution >= 4 is 32.8 Å². The number of hydrogen-bond acceptors (Lipinski definition) is 5. The van der Waals surface area contributed by atoms with Crippen LogP contribution in [-0.4, -0.2) is 34.4 Å². The molecular weight excluding hydrogens is 522 g/mol. The highest BCUT2D eigenvalue weighted by Crippen LogP contribution is 2.30. The number of carbonyl (C=O) groups is 1. The van der Waals surface area contributed by atoms with Crippen LogP contribution in [0.5, 0.6) is 0 Å². The Labute approximate surface area is 237 Å². The number of nitrogens with one attached hydrogen (secondary N) is 2. The van der Waals surface area contributed by atoms with Crippen molar-refractivity contribution < 1.29 is 13.2 Å². The zero-order chi connectivity index (χ0) is 29.1. The lowest BCUT2D eigenvalue weighted by atomic mass is 10.0. The normalized spacial score (nSPS) is 12.2. The third-order valence-electron chi connectivity index (χ3n) is 6.54. The summed E-state index contributed by atoms with van der Waals surface area (Å²) in [7, 11) is -3.70. The van der Waals surface area contributed by atoms with Gasteiger partial charge in [-0.05, 0) is 57.7 Å². The monoisotopic (exact) mass is 561 g/mol. The molecule has 0 aliphatic heterocycles. The van der Waals surface area contributed by atoms with Crippen molar-refractivity contribution in [1.29, 1.82) is 0 Å². The number of aromatic nitrogens is 3. The number of rotatable bonds is 10. The maximum absolute atomic E-state index is 13.1. The molecular formula is C31H39N5O3S. The molecule has 0 spiro atoms. The van der Waals surface area contributed by atoms with Crippen LogP contribution in [0.1, 0.15) is 70.8 Å². The molecule has 4 rings (SSSR count). The van der Waals surface area contributed by atoms with Crippen molar-refractivity contribution in [1.82, 2.24) is 19.3 Å². The fraction of sp³-hybridized carbons (Fsp3) is 0.387. The van der Waals surface area contributed by atoms with Crippen LogP contribution in [0.15, 0.2) is 59.6 Å².